The number of hydrazone groups is 1. The van der Waals surface area contributed by atoms with E-state index in [9.17, 15) is 18.3 Å². The van der Waals surface area contributed by atoms with Crippen molar-refractivity contribution in [1.82, 2.24) is 9.78 Å². The third kappa shape index (κ3) is 3.97. The fraction of sp³-hybridized carbons (Fsp3) is 0.250. The van der Waals surface area contributed by atoms with Crippen LogP contribution in [0.15, 0.2) is 61.9 Å². The highest BCUT2D eigenvalue weighted by Crippen LogP contribution is 2.37. The minimum absolute atomic E-state index is 0.00198. The summed E-state index contributed by atoms with van der Waals surface area (Å²) in [5.41, 5.74) is 1.13. The van der Waals surface area contributed by atoms with Gasteiger partial charge in [-0.05, 0) is 38.1 Å². The van der Waals surface area contributed by atoms with E-state index in [0.717, 1.165) is 5.56 Å². The van der Waals surface area contributed by atoms with Gasteiger partial charge in [0, 0.05) is 30.8 Å². The molecule has 0 amide bonds. The topological polar surface area (TPSA) is 144 Å². The van der Waals surface area contributed by atoms with Crippen LogP contribution in [0.4, 0.5) is 5.69 Å². The van der Waals surface area contributed by atoms with Gasteiger partial charge in [-0.1, -0.05) is 0 Å². The summed E-state index contributed by atoms with van der Waals surface area (Å²) in [6.45, 7) is 4.22. The number of aromatic nitrogens is 2. The van der Waals surface area contributed by atoms with Crippen LogP contribution in [0, 0.1) is 6.92 Å². The van der Waals surface area contributed by atoms with Crippen LogP contribution in [0.25, 0.3) is 0 Å². The molecule has 3 heterocycles. The number of sulfonamides is 1. The highest BCUT2D eigenvalue weighted by atomic mass is 32.2. The molecule has 162 valence electrons. The number of rotatable bonds is 5. The van der Waals surface area contributed by atoms with Gasteiger partial charge in [-0.3, -0.25) is 9.69 Å². The Labute approximate surface area is 178 Å². The maximum absolute atomic E-state index is 12.4. The van der Waals surface area contributed by atoms with E-state index in [1.54, 1.807) is 34.9 Å². The van der Waals surface area contributed by atoms with Gasteiger partial charge < -0.3 is 9.52 Å². The molecule has 0 saturated heterocycles. The Morgan fingerprint density at radius 2 is 2.00 bits per heavy atom. The SMILES string of the molecule is CCn1cc([C@@H]2CC(c3c(O)cc(C)oc3=O)=NN2c2ccc(S(N)(=O)=O)cc2)cn1. The highest BCUT2D eigenvalue weighted by Gasteiger charge is 2.33. The molecule has 2 aromatic heterocycles. The van der Waals surface area contributed by atoms with Crippen LogP contribution in [0.3, 0.4) is 0 Å². The molecule has 1 aliphatic heterocycles. The smallest absolute Gasteiger partial charge is 0.348 e. The number of nitrogens with zero attached hydrogens (tertiary/aromatic N) is 4. The average molecular weight is 443 g/mol. The maximum atomic E-state index is 12.4. The minimum Gasteiger partial charge on any atom is -0.507 e. The number of aryl methyl sites for hydroxylation is 2. The van der Waals surface area contributed by atoms with Gasteiger partial charge in [0.1, 0.15) is 17.1 Å². The van der Waals surface area contributed by atoms with E-state index in [4.69, 9.17) is 9.56 Å². The second-order valence-electron chi connectivity index (χ2n) is 7.18. The van der Waals surface area contributed by atoms with Crippen molar-refractivity contribution in [3.05, 3.63) is 70.0 Å². The molecule has 1 aliphatic rings. The number of hydrogen-bond donors (Lipinski definition) is 2. The van der Waals surface area contributed by atoms with E-state index in [1.807, 2.05) is 13.1 Å². The first-order valence-electron chi connectivity index (χ1n) is 9.53. The second kappa shape index (κ2) is 7.67. The van der Waals surface area contributed by atoms with E-state index < -0.39 is 15.6 Å². The highest BCUT2D eigenvalue weighted by molar-refractivity contribution is 7.89. The summed E-state index contributed by atoms with van der Waals surface area (Å²) in [5.74, 6) is 0.0861. The molecule has 11 heteroatoms. The largest absolute Gasteiger partial charge is 0.507 e. The number of aromatic hydroxyl groups is 1. The van der Waals surface area contributed by atoms with E-state index in [1.165, 1.54) is 18.2 Å². The van der Waals surface area contributed by atoms with Crippen LogP contribution >= 0.6 is 0 Å². The number of hydrogen-bond acceptors (Lipinski definition) is 8. The van der Waals surface area contributed by atoms with E-state index in [2.05, 4.69) is 10.2 Å². The van der Waals surface area contributed by atoms with Crippen molar-refractivity contribution >= 4 is 21.4 Å². The fourth-order valence-corrected chi connectivity index (χ4v) is 4.05. The lowest BCUT2D eigenvalue weighted by atomic mass is 10.0. The van der Waals surface area contributed by atoms with Gasteiger partial charge in [-0.15, -0.1) is 0 Å². The van der Waals surface area contributed by atoms with Crippen molar-refractivity contribution in [3.63, 3.8) is 0 Å². The van der Waals surface area contributed by atoms with Gasteiger partial charge in [0.05, 0.1) is 28.5 Å². The van der Waals surface area contributed by atoms with Crippen molar-refractivity contribution in [2.45, 2.75) is 37.8 Å². The standard InChI is InChI=1S/C20H21N5O5S/c1-3-24-11-13(10-22-24)17-9-16(19-18(26)8-12(2)30-20(19)27)23-25(17)14-4-6-15(7-5-14)31(21,28)29/h4-8,10-11,17,26H,3,9H2,1-2H3,(H2,21,28,29)/t17-/m0/s1. The molecule has 3 N–H and O–H groups in total. The first-order valence-corrected chi connectivity index (χ1v) is 11.1. The van der Waals surface area contributed by atoms with E-state index in [0.29, 0.717) is 30.1 Å². The molecule has 3 aromatic rings. The Morgan fingerprint density at radius 3 is 2.58 bits per heavy atom. The van der Waals surface area contributed by atoms with Gasteiger partial charge in [0.15, 0.2) is 0 Å². The van der Waals surface area contributed by atoms with Crippen LogP contribution in [-0.2, 0) is 16.6 Å². The molecule has 0 unspecified atom stereocenters. The Balaban J connectivity index is 1.80. The normalized spacial score (nSPS) is 16.5. The fourth-order valence-electron chi connectivity index (χ4n) is 3.53. The van der Waals surface area contributed by atoms with Crippen LogP contribution in [0.1, 0.15) is 36.3 Å². The third-order valence-corrected chi connectivity index (χ3v) is 5.97. The Morgan fingerprint density at radius 1 is 1.29 bits per heavy atom. The second-order valence-corrected chi connectivity index (χ2v) is 8.75. The minimum atomic E-state index is -3.83. The summed E-state index contributed by atoms with van der Waals surface area (Å²) in [6, 6.07) is 7.00. The molecule has 0 aliphatic carbocycles. The predicted octanol–water partition coefficient (Wildman–Crippen LogP) is 1.87. The van der Waals surface area contributed by atoms with Crippen molar-refractivity contribution in [2.24, 2.45) is 10.2 Å². The van der Waals surface area contributed by atoms with Gasteiger partial charge in [-0.25, -0.2) is 18.4 Å². The molecule has 0 bridgehead atoms. The molecule has 10 nitrogen and oxygen atoms in total. The number of nitrogens with two attached hydrogens (primary N) is 1. The van der Waals surface area contributed by atoms with E-state index >= 15 is 0 Å². The van der Waals surface area contributed by atoms with Crippen LogP contribution < -0.4 is 15.8 Å². The zero-order valence-corrected chi connectivity index (χ0v) is 17.7. The summed E-state index contributed by atoms with van der Waals surface area (Å²) in [4.78, 5) is 12.4. The first-order chi connectivity index (χ1) is 14.7. The van der Waals surface area contributed by atoms with Gasteiger partial charge in [0.25, 0.3) is 0 Å². The van der Waals surface area contributed by atoms with E-state index in [-0.39, 0.29) is 22.3 Å². The zero-order valence-electron chi connectivity index (χ0n) is 16.9. The molecule has 0 spiro atoms. The molecule has 1 atom stereocenters. The molecular formula is C20H21N5O5S. The first kappa shape index (κ1) is 20.8. The molecule has 4 rings (SSSR count). The van der Waals surface area contributed by atoms with Gasteiger partial charge in [0.2, 0.25) is 10.0 Å². The summed E-state index contributed by atoms with van der Waals surface area (Å²) < 4.78 is 30.1. The lowest BCUT2D eigenvalue weighted by molar-refractivity contribution is 0.432. The molecule has 0 fully saturated rings. The van der Waals surface area contributed by atoms with Crippen molar-refractivity contribution < 1.29 is 17.9 Å². The third-order valence-electron chi connectivity index (χ3n) is 5.04. The predicted molar refractivity (Wildman–Crippen MR) is 113 cm³/mol. The molecule has 31 heavy (non-hydrogen) atoms. The molecule has 1 aromatic carbocycles. The molecule has 0 radical (unpaired) electrons. The van der Waals surface area contributed by atoms with Crippen LogP contribution in [-0.4, -0.2) is 29.0 Å². The lowest BCUT2D eigenvalue weighted by Crippen LogP contribution is -2.19. The summed E-state index contributed by atoms with van der Waals surface area (Å²) in [7, 11) is -3.83. The number of primary sulfonamides is 1. The van der Waals surface area contributed by atoms with Gasteiger partial charge in [-0.2, -0.15) is 10.2 Å². The van der Waals surface area contributed by atoms with Crippen LogP contribution in [0.2, 0.25) is 0 Å². The van der Waals surface area contributed by atoms with Crippen molar-refractivity contribution in [2.75, 3.05) is 5.01 Å². The van der Waals surface area contributed by atoms with Crippen molar-refractivity contribution in [1.29, 1.82) is 0 Å². The zero-order chi connectivity index (χ0) is 22.3. The van der Waals surface area contributed by atoms with Gasteiger partial charge >= 0.3 is 5.63 Å². The molecule has 0 saturated carbocycles. The number of benzene rings is 1. The summed E-state index contributed by atoms with van der Waals surface area (Å²) in [6.07, 6.45) is 3.91. The summed E-state index contributed by atoms with van der Waals surface area (Å²) >= 11 is 0. The van der Waals surface area contributed by atoms with Crippen LogP contribution in [0.5, 0.6) is 5.75 Å². The monoisotopic (exact) mass is 443 g/mol. The quantitative estimate of drug-likeness (QED) is 0.612. The Bertz CT molecular complexity index is 1320. The average Bonchev–Trinajstić information content (AvgIpc) is 3.33. The maximum Gasteiger partial charge on any atom is 0.348 e. The molecular weight excluding hydrogens is 422 g/mol. The van der Waals surface area contributed by atoms with Crippen molar-refractivity contribution in [3.8, 4) is 5.75 Å². The Hall–Kier alpha value is -3.44. The summed E-state index contributed by atoms with van der Waals surface area (Å²) in [5, 5.41) is 26.1. The Kier molecular flexibility index (Phi) is 5.15. The number of anilines is 1. The lowest BCUT2D eigenvalue weighted by Gasteiger charge is -2.22.